The number of rotatable bonds is 16. The highest BCUT2D eigenvalue weighted by molar-refractivity contribution is 6.01. The molecule has 254 valence electrons. The lowest BCUT2D eigenvalue weighted by Crippen LogP contribution is -2.38. The van der Waals surface area contributed by atoms with Gasteiger partial charge in [0.2, 0.25) is 0 Å². The first kappa shape index (κ1) is 41.0. The van der Waals surface area contributed by atoms with E-state index < -0.39 is 6.10 Å². The number of carbonyl (C=O) groups excluding carboxylic acids is 2. The summed E-state index contributed by atoms with van der Waals surface area (Å²) in [4.78, 5) is 24.9. The SMILES string of the molecule is CCCC(=O)OC1CC(C)(C)C(/C=C/C(C)=C/C=C/C(C)=C/C=C/C=C(C)/C=C/C=C(C)/C=C/C=C(\C)CCC=C(C)C)=C(C)C1=O. The number of allylic oxidation sites excluding steroid dienone is 23. The molecule has 0 bridgehead atoms. The van der Waals surface area contributed by atoms with E-state index in [1.807, 2.05) is 45.1 Å². The highest BCUT2D eigenvalue weighted by atomic mass is 16.5. The summed E-state index contributed by atoms with van der Waals surface area (Å²) in [6.07, 6.45) is 36.7. The van der Waals surface area contributed by atoms with Crippen molar-refractivity contribution >= 4 is 11.8 Å². The van der Waals surface area contributed by atoms with Crippen LogP contribution in [0.4, 0.5) is 0 Å². The van der Waals surface area contributed by atoms with E-state index in [4.69, 9.17) is 4.74 Å². The molecule has 0 radical (unpaired) electrons. The minimum atomic E-state index is -0.695. The molecular weight excluding hydrogens is 576 g/mol. The molecule has 3 nitrogen and oxygen atoms in total. The molecule has 0 fully saturated rings. The van der Waals surface area contributed by atoms with Gasteiger partial charge in [-0.15, -0.1) is 0 Å². The first-order valence-electron chi connectivity index (χ1n) is 17.0. The van der Waals surface area contributed by atoms with E-state index in [1.165, 1.54) is 22.3 Å². The Morgan fingerprint density at radius 1 is 0.745 bits per heavy atom. The first-order valence-corrected chi connectivity index (χ1v) is 17.0. The molecule has 0 amide bonds. The minimum Gasteiger partial charge on any atom is -0.454 e. The summed E-state index contributed by atoms with van der Waals surface area (Å²) >= 11 is 0. The molecule has 1 aliphatic rings. The summed E-state index contributed by atoms with van der Waals surface area (Å²) in [5, 5.41) is 0. The van der Waals surface area contributed by atoms with Gasteiger partial charge in [0, 0.05) is 12.8 Å². The Morgan fingerprint density at radius 3 is 1.74 bits per heavy atom. The Bertz CT molecular complexity index is 1440. The zero-order valence-electron chi connectivity index (χ0n) is 31.1. The maximum absolute atomic E-state index is 12.9. The summed E-state index contributed by atoms with van der Waals surface area (Å²) < 4.78 is 5.51. The van der Waals surface area contributed by atoms with Gasteiger partial charge in [0.15, 0.2) is 11.9 Å². The fraction of sp³-hybridized carbons (Fsp3) is 0.409. The fourth-order valence-corrected chi connectivity index (χ4v) is 5.01. The summed E-state index contributed by atoms with van der Waals surface area (Å²) in [7, 11) is 0. The van der Waals surface area contributed by atoms with Crippen LogP contribution in [0.25, 0.3) is 0 Å². The largest absolute Gasteiger partial charge is 0.454 e. The molecule has 0 aromatic heterocycles. The molecule has 0 saturated heterocycles. The molecule has 3 heteroatoms. The second-order valence-corrected chi connectivity index (χ2v) is 13.5. The van der Waals surface area contributed by atoms with Crippen LogP contribution in [0.2, 0.25) is 0 Å². The molecule has 1 unspecified atom stereocenters. The van der Waals surface area contributed by atoms with Crippen molar-refractivity contribution in [3.05, 3.63) is 142 Å². The van der Waals surface area contributed by atoms with Gasteiger partial charge in [-0.2, -0.15) is 0 Å². The van der Waals surface area contributed by atoms with Crippen molar-refractivity contribution in [2.75, 3.05) is 0 Å². The predicted molar refractivity (Wildman–Crippen MR) is 204 cm³/mol. The third-order valence-corrected chi connectivity index (χ3v) is 7.83. The van der Waals surface area contributed by atoms with Gasteiger partial charge in [-0.3, -0.25) is 9.59 Å². The standard InChI is InChI=1S/C44H60O3/c1-12-19-42(45)47-41-32-44(10,11)40(39(9)43(41)46)31-30-38(8)29-18-25-35(5)22-14-13-21-34(4)24-16-27-37(7)28-17-26-36(6)23-15-20-33(2)3/h13-14,16-18,20-22,24-31,41H,12,15,19,23,32H2,1-11H3/b14-13+,24-16+,25-18+,28-17+,31-30+,34-21+,35-22+,36-26+,37-27+,38-29+. The van der Waals surface area contributed by atoms with Gasteiger partial charge >= 0.3 is 5.97 Å². The van der Waals surface area contributed by atoms with Crippen LogP contribution in [-0.4, -0.2) is 17.9 Å². The second-order valence-electron chi connectivity index (χ2n) is 13.5. The highest BCUT2D eigenvalue weighted by Gasteiger charge is 2.39. The molecule has 1 rings (SSSR count). The number of ketones is 1. The maximum Gasteiger partial charge on any atom is 0.306 e. The molecular formula is C44H60O3. The van der Waals surface area contributed by atoms with Crippen LogP contribution in [0.3, 0.4) is 0 Å². The lowest BCUT2D eigenvalue weighted by molar-refractivity contribution is -0.156. The molecule has 0 spiro atoms. The van der Waals surface area contributed by atoms with Crippen LogP contribution in [0.5, 0.6) is 0 Å². The number of Topliss-reactive ketones (excluding diaryl/α,β-unsaturated/α-hetero) is 1. The lowest BCUT2D eigenvalue weighted by Gasteiger charge is -2.36. The molecule has 0 heterocycles. The average Bonchev–Trinajstić information content (AvgIpc) is 2.97. The van der Waals surface area contributed by atoms with Crippen LogP contribution in [0, 0.1) is 5.41 Å². The van der Waals surface area contributed by atoms with Crippen LogP contribution < -0.4 is 0 Å². The Kier molecular flexibility index (Phi) is 19.0. The topological polar surface area (TPSA) is 43.4 Å². The van der Waals surface area contributed by atoms with Gasteiger partial charge in [0.25, 0.3) is 0 Å². The number of carbonyl (C=O) groups is 2. The zero-order valence-corrected chi connectivity index (χ0v) is 31.1. The number of hydrogen-bond acceptors (Lipinski definition) is 3. The molecule has 0 aliphatic heterocycles. The Hall–Kier alpha value is -3.98. The predicted octanol–water partition coefficient (Wildman–Crippen LogP) is 12.3. The third-order valence-electron chi connectivity index (χ3n) is 7.83. The van der Waals surface area contributed by atoms with E-state index in [0.29, 0.717) is 24.8 Å². The summed E-state index contributed by atoms with van der Waals surface area (Å²) in [5.74, 6) is -0.394. The van der Waals surface area contributed by atoms with Crippen molar-refractivity contribution < 1.29 is 14.3 Å². The van der Waals surface area contributed by atoms with E-state index in [9.17, 15) is 9.59 Å². The third kappa shape index (κ3) is 17.5. The summed E-state index contributed by atoms with van der Waals surface area (Å²) in [6, 6.07) is 0. The monoisotopic (exact) mass is 636 g/mol. The van der Waals surface area contributed by atoms with Crippen molar-refractivity contribution in [3.63, 3.8) is 0 Å². The van der Waals surface area contributed by atoms with Crippen LogP contribution in [0.15, 0.2) is 142 Å². The molecule has 1 aliphatic carbocycles. The van der Waals surface area contributed by atoms with Crippen molar-refractivity contribution in [3.8, 4) is 0 Å². The molecule has 0 N–H and O–H groups in total. The van der Waals surface area contributed by atoms with Gasteiger partial charge in [-0.25, -0.2) is 0 Å². The van der Waals surface area contributed by atoms with E-state index in [1.54, 1.807) is 0 Å². The normalized spacial score (nSPS) is 19.0. The molecule has 0 aromatic carbocycles. The van der Waals surface area contributed by atoms with Gasteiger partial charge in [-0.05, 0) is 91.2 Å². The van der Waals surface area contributed by atoms with Gasteiger partial charge in [-0.1, -0.05) is 151 Å². The smallest absolute Gasteiger partial charge is 0.306 e. The van der Waals surface area contributed by atoms with Crippen molar-refractivity contribution in [2.24, 2.45) is 5.41 Å². The molecule has 0 saturated carbocycles. The van der Waals surface area contributed by atoms with E-state index in [-0.39, 0.29) is 17.2 Å². The van der Waals surface area contributed by atoms with Crippen molar-refractivity contribution in [1.82, 2.24) is 0 Å². The molecule has 1 atom stereocenters. The second kappa shape index (κ2) is 21.7. The Balaban J connectivity index is 2.71. The Labute approximate surface area is 287 Å². The van der Waals surface area contributed by atoms with E-state index >= 15 is 0 Å². The summed E-state index contributed by atoms with van der Waals surface area (Å²) in [6.45, 7) is 22.8. The van der Waals surface area contributed by atoms with E-state index in [2.05, 4.69) is 128 Å². The first-order chi connectivity index (χ1) is 22.2. The number of esters is 1. The lowest BCUT2D eigenvalue weighted by atomic mass is 9.71. The van der Waals surface area contributed by atoms with Crippen LogP contribution in [0.1, 0.15) is 108 Å². The maximum atomic E-state index is 12.9. The van der Waals surface area contributed by atoms with Crippen molar-refractivity contribution in [2.45, 2.75) is 114 Å². The van der Waals surface area contributed by atoms with Crippen LogP contribution >= 0.6 is 0 Å². The fourth-order valence-electron chi connectivity index (χ4n) is 5.01. The zero-order chi connectivity index (χ0) is 35.4. The van der Waals surface area contributed by atoms with E-state index in [0.717, 1.165) is 29.6 Å². The molecule has 47 heavy (non-hydrogen) atoms. The highest BCUT2D eigenvalue weighted by Crippen LogP contribution is 2.40. The van der Waals surface area contributed by atoms with Gasteiger partial charge < -0.3 is 4.74 Å². The van der Waals surface area contributed by atoms with Crippen molar-refractivity contribution in [1.29, 1.82) is 0 Å². The minimum absolute atomic E-state index is 0.0929. The number of hydrogen-bond donors (Lipinski definition) is 0. The molecule has 0 aromatic rings. The summed E-state index contributed by atoms with van der Waals surface area (Å²) in [5.41, 5.74) is 8.77. The quantitative estimate of drug-likeness (QED) is 0.0962. The van der Waals surface area contributed by atoms with Crippen LogP contribution in [-0.2, 0) is 14.3 Å². The average molecular weight is 637 g/mol. The van der Waals surface area contributed by atoms with Gasteiger partial charge in [0.1, 0.15) is 0 Å². The van der Waals surface area contributed by atoms with Gasteiger partial charge in [0.05, 0.1) is 0 Å². The Morgan fingerprint density at radius 2 is 1.23 bits per heavy atom. The number of ether oxygens (including phenoxy) is 1.